The van der Waals surface area contributed by atoms with Gasteiger partial charge in [0, 0.05) is 13.1 Å². The molecule has 1 aliphatic rings. The van der Waals surface area contributed by atoms with Crippen LogP contribution in [0.4, 0.5) is 11.4 Å². The van der Waals surface area contributed by atoms with Crippen LogP contribution in [0.25, 0.3) is 0 Å². The third-order valence-electron chi connectivity index (χ3n) is 4.49. The number of nitrogens with zero attached hydrogens (tertiary/aromatic N) is 1. The van der Waals surface area contributed by atoms with Crippen LogP contribution in [-0.4, -0.2) is 21.5 Å². The monoisotopic (exact) mass is 297 g/mol. The zero-order valence-corrected chi connectivity index (χ0v) is 12.9. The number of nitrogen functional groups attached to an aromatic ring is 1. The molecule has 5 nitrogen and oxygen atoms in total. The molecule has 0 aromatic heterocycles. The summed E-state index contributed by atoms with van der Waals surface area (Å²) < 4.78 is 22.6. The molecule has 0 aliphatic carbocycles. The first kappa shape index (κ1) is 15.1. The lowest BCUT2D eigenvalue weighted by molar-refractivity contribution is 0.238. The summed E-state index contributed by atoms with van der Waals surface area (Å²) in [6.45, 7) is 6.44. The van der Waals surface area contributed by atoms with Gasteiger partial charge in [-0.15, -0.1) is 0 Å². The highest BCUT2D eigenvalue weighted by atomic mass is 32.2. The SMILES string of the molecule is CCC1(C)CCN(c2ccc(S(N)(=O)=O)cc2N)CC1. The first-order valence-electron chi connectivity index (χ1n) is 6.92. The number of hydrogen-bond acceptors (Lipinski definition) is 4. The van der Waals surface area contributed by atoms with Crippen LogP contribution in [0, 0.1) is 5.41 Å². The maximum atomic E-state index is 11.3. The van der Waals surface area contributed by atoms with E-state index in [1.165, 1.54) is 18.6 Å². The van der Waals surface area contributed by atoms with Crippen molar-refractivity contribution in [3.8, 4) is 0 Å². The van der Waals surface area contributed by atoms with Gasteiger partial charge in [0.25, 0.3) is 0 Å². The van der Waals surface area contributed by atoms with Crippen LogP contribution in [0.15, 0.2) is 23.1 Å². The lowest BCUT2D eigenvalue weighted by Gasteiger charge is -2.40. The number of rotatable bonds is 3. The lowest BCUT2D eigenvalue weighted by Crippen LogP contribution is -2.38. The summed E-state index contributed by atoms with van der Waals surface area (Å²) in [5.41, 5.74) is 7.76. The van der Waals surface area contributed by atoms with Gasteiger partial charge < -0.3 is 10.6 Å². The summed E-state index contributed by atoms with van der Waals surface area (Å²) in [5, 5.41) is 5.11. The van der Waals surface area contributed by atoms with Crippen LogP contribution >= 0.6 is 0 Å². The van der Waals surface area contributed by atoms with Gasteiger partial charge in [-0.3, -0.25) is 0 Å². The standard InChI is InChI=1S/C14H23N3O2S/c1-3-14(2)6-8-17(9-7-14)13-5-4-11(10-12(13)15)20(16,18)19/h4-5,10H,3,6-9,15H2,1-2H3,(H2,16,18,19). The maximum absolute atomic E-state index is 11.3. The molecular weight excluding hydrogens is 274 g/mol. The fourth-order valence-corrected chi connectivity index (χ4v) is 3.19. The molecule has 1 aromatic rings. The van der Waals surface area contributed by atoms with Crippen molar-refractivity contribution in [1.29, 1.82) is 0 Å². The van der Waals surface area contributed by atoms with E-state index in [9.17, 15) is 8.42 Å². The summed E-state index contributed by atoms with van der Waals surface area (Å²) in [5.74, 6) is 0. The summed E-state index contributed by atoms with van der Waals surface area (Å²) in [7, 11) is -3.69. The van der Waals surface area contributed by atoms with Crippen LogP contribution in [0.5, 0.6) is 0 Å². The van der Waals surface area contributed by atoms with Crippen molar-refractivity contribution in [3.05, 3.63) is 18.2 Å². The Morgan fingerprint density at radius 3 is 2.35 bits per heavy atom. The molecule has 0 saturated carbocycles. The Morgan fingerprint density at radius 2 is 1.90 bits per heavy atom. The molecular formula is C14H23N3O2S. The zero-order chi connectivity index (χ0) is 15.0. The number of benzene rings is 1. The van der Waals surface area contributed by atoms with Gasteiger partial charge in [-0.05, 0) is 36.5 Å². The summed E-state index contributed by atoms with van der Waals surface area (Å²) in [4.78, 5) is 2.29. The van der Waals surface area contributed by atoms with E-state index >= 15 is 0 Å². The zero-order valence-electron chi connectivity index (χ0n) is 12.1. The summed E-state index contributed by atoms with van der Waals surface area (Å²) >= 11 is 0. The summed E-state index contributed by atoms with van der Waals surface area (Å²) in [6.07, 6.45) is 3.43. The molecule has 2 rings (SSSR count). The Morgan fingerprint density at radius 1 is 1.30 bits per heavy atom. The second-order valence-corrected chi connectivity index (χ2v) is 7.48. The third kappa shape index (κ3) is 3.07. The molecule has 6 heteroatoms. The van der Waals surface area contributed by atoms with Gasteiger partial charge in [0.1, 0.15) is 0 Å². The van der Waals surface area contributed by atoms with E-state index < -0.39 is 10.0 Å². The van der Waals surface area contributed by atoms with E-state index in [-0.39, 0.29) is 4.90 Å². The molecule has 20 heavy (non-hydrogen) atoms. The number of piperidine rings is 1. The Labute approximate surface area is 121 Å². The molecule has 0 radical (unpaired) electrons. The van der Waals surface area contributed by atoms with Gasteiger partial charge in [0.05, 0.1) is 16.3 Å². The Balaban J connectivity index is 2.19. The van der Waals surface area contributed by atoms with Gasteiger partial charge in [-0.25, -0.2) is 13.6 Å². The van der Waals surface area contributed by atoms with E-state index in [2.05, 4.69) is 18.7 Å². The fourth-order valence-electron chi connectivity index (χ4n) is 2.64. The molecule has 4 N–H and O–H groups in total. The molecule has 1 aliphatic heterocycles. The van der Waals surface area contributed by atoms with Gasteiger partial charge in [-0.1, -0.05) is 20.3 Å². The van der Waals surface area contributed by atoms with E-state index in [0.29, 0.717) is 11.1 Å². The molecule has 1 fully saturated rings. The fraction of sp³-hybridized carbons (Fsp3) is 0.571. The normalized spacial score (nSPS) is 19.1. The first-order valence-corrected chi connectivity index (χ1v) is 8.47. The smallest absolute Gasteiger partial charge is 0.238 e. The van der Waals surface area contributed by atoms with E-state index in [4.69, 9.17) is 10.9 Å². The first-order chi connectivity index (χ1) is 9.25. The number of nitrogens with two attached hydrogens (primary N) is 2. The highest BCUT2D eigenvalue weighted by molar-refractivity contribution is 7.89. The minimum atomic E-state index is -3.69. The Bertz CT molecular complexity index is 590. The average molecular weight is 297 g/mol. The minimum Gasteiger partial charge on any atom is -0.397 e. The number of hydrogen-bond donors (Lipinski definition) is 2. The predicted octanol–water partition coefficient (Wildman–Crippen LogP) is 1.93. The third-order valence-corrected chi connectivity index (χ3v) is 5.40. The molecule has 1 saturated heterocycles. The molecule has 0 amide bonds. The van der Waals surface area contributed by atoms with Crippen molar-refractivity contribution >= 4 is 21.4 Å². The molecule has 0 unspecified atom stereocenters. The number of anilines is 2. The van der Waals surface area contributed by atoms with E-state index in [1.54, 1.807) is 6.07 Å². The van der Waals surface area contributed by atoms with Crippen molar-refractivity contribution in [3.63, 3.8) is 0 Å². The number of primary sulfonamides is 1. The molecule has 1 heterocycles. The second kappa shape index (κ2) is 5.26. The highest BCUT2D eigenvalue weighted by Crippen LogP contribution is 2.37. The topological polar surface area (TPSA) is 89.4 Å². The largest absolute Gasteiger partial charge is 0.397 e. The molecule has 0 bridgehead atoms. The minimum absolute atomic E-state index is 0.0640. The van der Waals surface area contributed by atoms with Crippen LogP contribution in [-0.2, 0) is 10.0 Å². The van der Waals surface area contributed by atoms with Crippen molar-refractivity contribution in [2.75, 3.05) is 23.7 Å². The van der Waals surface area contributed by atoms with E-state index in [1.807, 2.05) is 0 Å². The van der Waals surface area contributed by atoms with Gasteiger partial charge in [-0.2, -0.15) is 0 Å². The maximum Gasteiger partial charge on any atom is 0.238 e. The Kier molecular flexibility index (Phi) is 3.97. The lowest BCUT2D eigenvalue weighted by atomic mass is 9.78. The quantitative estimate of drug-likeness (QED) is 0.834. The van der Waals surface area contributed by atoms with Crippen LogP contribution in [0.2, 0.25) is 0 Å². The number of sulfonamides is 1. The van der Waals surface area contributed by atoms with Crippen molar-refractivity contribution in [2.24, 2.45) is 10.6 Å². The molecule has 112 valence electrons. The van der Waals surface area contributed by atoms with Crippen LogP contribution < -0.4 is 15.8 Å². The van der Waals surface area contributed by atoms with Crippen molar-refractivity contribution in [1.82, 2.24) is 0 Å². The van der Waals surface area contributed by atoms with Gasteiger partial charge in [0.15, 0.2) is 0 Å². The van der Waals surface area contributed by atoms with Crippen LogP contribution in [0.3, 0.4) is 0 Å². The molecule has 1 aromatic carbocycles. The summed E-state index contributed by atoms with van der Waals surface area (Å²) in [6, 6.07) is 4.72. The van der Waals surface area contributed by atoms with Crippen molar-refractivity contribution < 1.29 is 8.42 Å². The second-order valence-electron chi connectivity index (χ2n) is 5.92. The molecule has 0 spiro atoms. The van der Waals surface area contributed by atoms with Gasteiger partial charge in [0.2, 0.25) is 10.0 Å². The average Bonchev–Trinajstić information content (AvgIpc) is 2.39. The molecule has 0 atom stereocenters. The predicted molar refractivity (Wildman–Crippen MR) is 82.1 cm³/mol. The van der Waals surface area contributed by atoms with Gasteiger partial charge >= 0.3 is 0 Å². The van der Waals surface area contributed by atoms with Crippen molar-refractivity contribution in [2.45, 2.75) is 38.0 Å². The Hall–Kier alpha value is -1.27. The van der Waals surface area contributed by atoms with Crippen LogP contribution in [0.1, 0.15) is 33.1 Å². The van der Waals surface area contributed by atoms with E-state index in [0.717, 1.165) is 31.6 Å². The highest BCUT2D eigenvalue weighted by Gasteiger charge is 2.29.